The van der Waals surface area contributed by atoms with Gasteiger partial charge in [0.15, 0.2) is 0 Å². The molecular formula is C13H13N3. The first kappa shape index (κ1) is 10.4. The van der Waals surface area contributed by atoms with E-state index >= 15 is 0 Å². The maximum absolute atomic E-state index is 8.70. The van der Waals surface area contributed by atoms with Gasteiger partial charge in [-0.1, -0.05) is 19.1 Å². The van der Waals surface area contributed by atoms with Crippen molar-refractivity contribution in [1.82, 2.24) is 9.55 Å². The van der Waals surface area contributed by atoms with Gasteiger partial charge in [0.25, 0.3) is 0 Å². The predicted octanol–water partition coefficient (Wildman–Crippen LogP) is 2.37. The molecule has 3 heteroatoms. The van der Waals surface area contributed by atoms with Crippen molar-refractivity contribution in [3.05, 3.63) is 53.6 Å². The number of nitriles is 1. The van der Waals surface area contributed by atoms with Gasteiger partial charge in [0.1, 0.15) is 0 Å². The number of aromatic nitrogens is 2. The molecule has 0 amide bonds. The number of aryl methyl sites for hydroxylation is 1. The van der Waals surface area contributed by atoms with Crippen LogP contribution in [0.2, 0.25) is 0 Å². The highest BCUT2D eigenvalue weighted by Gasteiger charge is 2.00. The average molecular weight is 211 g/mol. The van der Waals surface area contributed by atoms with Gasteiger partial charge in [-0.15, -0.1) is 0 Å². The lowest BCUT2D eigenvalue weighted by molar-refractivity contribution is 0.747. The van der Waals surface area contributed by atoms with Gasteiger partial charge in [-0.2, -0.15) is 5.26 Å². The van der Waals surface area contributed by atoms with Crippen molar-refractivity contribution in [3.63, 3.8) is 0 Å². The van der Waals surface area contributed by atoms with E-state index in [0.717, 1.165) is 13.0 Å². The molecule has 0 unspecified atom stereocenters. The summed E-state index contributed by atoms with van der Waals surface area (Å²) in [6.45, 7) is 2.93. The van der Waals surface area contributed by atoms with Gasteiger partial charge in [-0.3, -0.25) is 0 Å². The smallest absolute Gasteiger partial charge is 0.0991 e. The molecular weight excluding hydrogens is 198 g/mol. The lowest BCUT2D eigenvalue weighted by Gasteiger charge is -2.06. The average Bonchev–Trinajstić information content (AvgIpc) is 2.77. The van der Waals surface area contributed by atoms with Crippen molar-refractivity contribution in [2.24, 2.45) is 0 Å². The van der Waals surface area contributed by atoms with Crippen LogP contribution >= 0.6 is 0 Å². The summed E-state index contributed by atoms with van der Waals surface area (Å²) in [6.07, 6.45) is 4.72. The monoisotopic (exact) mass is 211 g/mol. The molecule has 0 N–H and O–H groups in total. The summed E-state index contributed by atoms with van der Waals surface area (Å²) >= 11 is 0. The Morgan fingerprint density at radius 3 is 2.69 bits per heavy atom. The zero-order chi connectivity index (χ0) is 11.4. The summed E-state index contributed by atoms with van der Waals surface area (Å²) in [7, 11) is 0. The molecule has 16 heavy (non-hydrogen) atoms. The van der Waals surface area contributed by atoms with Gasteiger partial charge < -0.3 is 4.57 Å². The Balaban J connectivity index is 2.18. The topological polar surface area (TPSA) is 41.6 Å². The first-order valence-electron chi connectivity index (χ1n) is 5.31. The molecule has 2 rings (SSSR count). The van der Waals surface area contributed by atoms with E-state index in [4.69, 9.17) is 5.26 Å². The lowest BCUT2D eigenvalue weighted by atomic mass is 10.1. The van der Waals surface area contributed by atoms with E-state index in [9.17, 15) is 0 Å². The van der Waals surface area contributed by atoms with Gasteiger partial charge >= 0.3 is 0 Å². The molecule has 80 valence electrons. The van der Waals surface area contributed by atoms with Crippen molar-refractivity contribution >= 4 is 0 Å². The Hall–Kier alpha value is -2.08. The molecule has 0 aliphatic heterocycles. The number of hydrogen-bond acceptors (Lipinski definition) is 2. The maximum Gasteiger partial charge on any atom is 0.0991 e. The summed E-state index contributed by atoms with van der Waals surface area (Å²) in [4.78, 5) is 4.13. The minimum atomic E-state index is 0.699. The quantitative estimate of drug-likeness (QED) is 0.782. The van der Waals surface area contributed by atoms with Crippen LogP contribution in [0.1, 0.15) is 23.7 Å². The van der Waals surface area contributed by atoms with E-state index in [2.05, 4.69) is 22.5 Å². The predicted molar refractivity (Wildman–Crippen MR) is 61.9 cm³/mol. The van der Waals surface area contributed by atoms with Crippen molar-refractivity contribution in [2.75, 3.05) is 0 Å². The van der Waals surface area contributed by atoms with E-state index < -0.39 is 0 Å². The van der Waals surface area contributed by atoms with Crippen molar-refractivity contribution in [3.8, 4) is 6.07 Å². The molecule has 2 aromatic rings. The maximum atomic E-state index is 8.70. The third-order valence-electron chi connectivity index (χ3n) is 2.60. The van der Waals surface area contributed by atoms with Crippen LogP contribution in [0, 0.1) is 11.3 Å². The Kier molecular flexibility index (Phi) is 3.02. The molecule has 0 radical (unpaired) electrons. The standard InChI is InChI=1S/C13H13N3/c1-2-13-8-15-10-16(13)9-12-5-3-11(7-14)4-6-12/h3-6,8,10H,2,9H2,1H3. The van der Waals surface area contributed by atoms with Crippen LogP contribution in [0.4, 0.5) is 0 Å². The summed E-state index contributed by atoms with van der Waals surface area (Å²) in [5, 5.41) is 8.70. The first-order valence-corrected chi connectivity index (χ1v) is 5.31. The minimum absolute atomic E-state index is 0.699. The van der Waals surface area contributed by atoms with E-state index in [0.29, 0.717) is 5.56 Å². The van der Waals surface area contributed by atoms with Crippen molar-refractivity contribution in [2.45, 2.75) is 19.9 Å². The van der Waals surface area contributed by atoms with Gasteiger partial charge in [0.05, 0.1) is 18.0 Å². The van der Waals surface area contributed by atoms with Crippen LogP contribution in [0.25, 0.3) is 0 Å². The number of rotatable bonds is 3. The molecule has 0 aliphatic rings. The lowest BCUT2D eigenvalue weighted by Crippen LogP contribution is -2.02. The van der Waals surface area contributed by atoms with Crippen LogP contribution in [0.3, 0.4) is 0 Å². The molecule has 3 nitrogen and oxygen atoms in total. The minimum Gasteiger partial charge on any atom is -0.330 e. The highest BCUT2D eigenvalue weighted by molar-refractivity contribution is 5.31. The van der Waals surface area contributed by atoms with Gasteiger partial charge in [0, 0.05) is 18.4 Å². The largest absolute Gasteiger partial charge is 0.330 e. The van der Waals surface area contributed by atoms with Gasteiger partial charge in [-0.05, 0) is 24.1 Å². The number of hydrogen-bond donors (Lipinski definition) is 0. The second-order valence-electron chi connectivity index (χ2n) is 3.68. The van der Waals surface area contributed by atoms with Gasteiger partial charge in [-0.25, -0.2) is 4.98 Å². The Morgan fingerprint density at radius 2 is 2.06 bits per heavy atom. The second kappa shape index (κ2) is 4.63. The molecule has 0 saturated carbocycles. The molecule has 1 heterocycles. The molecule has 0 saturated heterocycles. The molecule has 1 aromatic heterocycles. The van der Waals surface area contributed by atoms with E-state index in [-0.39, 0.29) is 0 Å². The van der Waals surface area contributed by atoms with E-state index in [1.54, 1.807) is 0 Å². The van der Waals surface area contributed by atoms with Gasteiger partial charge in [0.2, 0.25) is 0 Å². The normalized spacial score (nSPS) is 10.0. The number of benzene rings is 1. The van der Waals surface area contributed by atoms with Crippen LogP contribution in [-0.2, 0) is 13.0 Å². The fourth-order valence-electron chi connectivity index (χ4n) is 1.67. The molecule has 1 aromatic carbocycles. The zero-order valence-corrected chi connectivity index (χ0v) is 9.22. The summed E-state index contributed by atoms with van der Waals surface area (Å²) < 4.78 is 2.13. The van der Waals surface area contributed by atoms with Crippen molar-refractivity contribution in [1.29, 1.82) is 5.26 Å². The number of nitrogens with zero attached hydrogens (tertiary/aromatic N) is 3. The first-order chi connectivity index (χ1) is 7.83. The molecule has 0 aliphatic carbocycles. The van der Waals surface area contributed by atoms with Crippen LogP contribution < -0.4 is 0 Å². The number of imidazole rings is 1. The molecule has 0 fully saturated rings. The SMILES string of the molecule is CCc1cncn1Cc1ccc(C#N)cc1. The second-order valence-corrected chi connectivity index (χ2v) is 3.68. The summed E-state index contributed by atoms with van der Waals surface area (Å²) in [5.74, 6) is 0. The fraction of sp³-hybridized carbons (Fsp3) is 0.231. The third-order valence-corrected chi connectivity index (χ3v) is 2.60. The van der Waals surface area contributed by atoms with Crippen LogP contribution in [0.5, 0.6) is 0 Å². The summed E-state index contributed by atoms with van der Waals surface area (Å²) in [6, 6.07) is 9.77. The van der Waals surface area contributed by atoms with E-state index in [1.807, 2.05) is 36.8 Å². The molecule has 0 spiro atoms. The molecule has 0 bridgehead atoms. The highest BCUT2D eigenvalue weighted by Crippen LogP contribution is 2.08. The Bertz CT molecular complexity index is 503. The van der Waals surface area contributed by atoms with E-state index in [1.165, 1.54) is 11.3 Å². The molecule has 0 atom stereocenters. The Labute approximate surface area is 95.0 Å². The fourth-order valence-corrected chi connectivity index (χ4v) is 1.67. The summed E-state index contributed by atoms with van der Waals surface area (Å²) in [5.41, 5.74) is 3.11. The van der Waals surface area contributed by atoms with Crippen LogP contribution in [0.15, 0.2) is 36.8 Å². The third kappa shape index (κ3) is 2.12. The highest BCUT2D eigenvalue weighted by atomic mass is 15.0. The van der Waals surface area contributed by atoms with Crippen LogP contribution in [-0.4, -0.2) is 9.55 Å². The van der Waals surface area contributed by atoms with Crippen molar-refractivity contribution < 1.29 is 0 Å². The zero-order valence-electron chi connectivity index (χ0n) is 9.22. The Morgan fingerprint density at radius 1 is 1.31 bits per heavy atom.